The summed E-state index contributed by atoms with van der Waals surface area (Å²) in [6.45, 7) is 3.50. The minimum atomic E-state index is -0.759. The monoisotopic (exact) mass is 488 g/mol. The zero-order chi connectivity index (χ0) is 25.4. The molecular formula is C28H29FN4O3. The SMILES string of the molecule is COc1cc(F)cc(N2C=Nc3cc(C)c(-c4cccc(O)c4)cc3C2C(=O)N(C)C[C@@H]2CCN2)c1. The van der Waals surface area contributed by atoms with Crippen molar-refractivity contribution in [1.29, 1.82) is 0 Å². The maximum absolute atomic E-state index is 14.5. The van der Waals surface area contributed by atoms with Crippen molar-refractivity contribution in [3.8, 4) is 22.6 Å². The van der Waals surface area contributed by atoms with Crippen molar-refractivity contribution in [2.75, 3.05) is 32.1 Å². The fourth-order valence-corrected chi connectivity index (χ4v) is 4.78. The van der Waals surface area contributed by atoms with E-state index in [1.807, 2.05) is 25.1 Å². The zero-order valence-electron chi connectivity index (χ0n) is 20.5. The molecule has 2 aliphatic rings. The van der Waals surface area contributed by atoms with Gasteiger partial charge in [0.25, 0.3) is 0 Å². The Bertz CT molecular complexity index is 1340. The Hall–Kier alpha value is -3.91. The van der Waals surface area contributed by atoms with E-state index in [1.54, 1.807) is 47.5 Å². The number of anilines is 1. The number of aryl methyl sites for hydroxylation is 1. The molecule has 2 N–H and O–H groups in total. The molecule has 2 atom stereocenters. The van der Waals surface area contributed by atoms with Crippen LogP contribution >= 0.6 is 0 Å². The molecule has 1 unspecified atom stereocenters. The Morgan fingerprint density at radius 3 is 2.75 bits per heavy atom. The van der Waals surface area contributed by atoms with Gasteiger partial charge in [0.05, 0.1) is 19.1 Å². The summed E-state index contributed by atoms with van der Waals surface area (Å²) in [5.74, 6) is -0.0700. The van der Waals surface area contributed by atoms with Crippen LogP contribution in [-0.2, 0) is 4.79 Å². The molecule has 1 saturated heterocycles. The van der Waals surface area contributed by atoms with E-state index in [0.717, 1.165) is 29.7 Å². The summed E-state index contributed by atoms with van der Waals surface area (Å²) in [4.78, 5) is 22.0. The number of carbonyl (C=O) groups is 1. The van der Waals surface area contributed by atoms with Crippen LogP contribution < -0.4 is 15.0 Å². The van der Waals surface area contributed by atoms with E-state index in [2.05, 4.69) is 10.3 Å². The number of hydrogen-bond acceptors (Lipinski definition) is 6. The maximum atomic E-state index is 14.5. The molecule has 0 aliphatic carbocycles. The molecule has 36 heavy (non-hydrogen) atoms. The Morgan fingerprint density at radius 2 is 2.06 bits per heavy atom. The molecular weight excluding hydrogens is 459 g/mol. The highest BCUT2D eigenvalue weighted by Crippen LogP contribution is 2.42. The lowest BCUT2D eigenvalue weighted by Crippen LogP contribution is -2.52. The van der Waals surface area contributed by atoms with Gasteiger partial charge >= 0.3 is 0 Å². The topological polar surface area (TPSA) is 77.4 Å². The van der Waals surface area contributed by atoms with Crippen LogP contribution in [0.1, 0.15) is 23.6 Å². The number of phenols is 1. The number of aliphatic imine (C=N–C) groups is 1. The highest BCUT2D eigenvalue weighted by molar-refractivity contribution is 5.99. The first kappa shape index (κ1) is 23.8. The number of rotatable bonds is 6. The fraction of sp³-hybridized carbons (Fsp3) is 0.286. The van der Waals surface area contributed by atoms with Gasteiger partial charge in [-0.15, -0.1) is 0 Å². The van der Waals surface area contributed by atoms with Crippen molar-refractivity contribution < 1.29 is 19.0 Å². The van der Waals surface area contributed by atoms with Crippen molar-refractivity contribution in [2.24, 2.45) is 4.99 Å². The average molecular weight is 489 g/mol. The lowest BCUT2D eigenvalue weighted by atomic mass is 9.91. The van der Waals surface area contributed by atoms with E-state index in [4.69, 9.17) is 4.74 Å². The summed E-state index contributed by atoms with van der Waals surface area (Å²) in [6.07, 6.45) is 2.61. The van der Waals surface area contributed by atoms with Crippen LogP contribution in [0.3, 0.4) is 0 Å². The second-order valence-electron chi connectivity index (χ2n) is 9.34. The number of amides is 1. The molecule has 8 heteroatoms. The van der Waals surface area contributed by atoms with Crippen LogP contribution in [0, 0.1) is 12.7 Å². The van der Waals surface area contributed by atoms with Gasteiger partial charge < -0.3 is 25.0 Å². The highest BCUT2D eigenvalue weighted by atomic mass is 19.1. The summed E-state index contributed by atoms with van der Waals surface area (Å²) in [7, 11) is 3.27. The van der Waals surface area contributed by atoms with Gasteiger partial charge in [0.15, 0.2) is 0 Å². The number of ether oxygens (including phenoxy) is 1. The lowest BCUT2D eigenvalue weighted by molar-refractivity contribution is -0.131. The zero-order valence-corrected chi connectivity index (χ0v) is 20.5. The number of likely N-dealkylation sites (N-methyl/N-ethyl adjacent to an activating group) is 1. The van der Waals surface area contributed by atoms with Crippen LogP contribution in [-0.4, -0.2) is 55.5 Å². The molecule has 0 radical (unpaired) electrons. The van der Waals surface area contributed by atoms with Gasteiger partial charge in [-0.25, -0.2) is 9.38 Å². The predicted octanol–water partition coefficient (Wildman–Crippen LogP) is 4.56. The standard InChI is InChI=1S/C28H29FN4O3/c1-17-9-26-25(14-24(17)18-5-4-6-22(34)10-18)27(28(35)32(2)15-20-7-8-30-20)33(16-31-26)21-11-19(29)12-23(13-21)36-3/h4-6,9-14,16,20,27,30,34H,7-8,15H2,1-3H3/t20-,27?/m0/s1. The molecule has 2 aliphatic heterocycles. The van der Waals surface area contributed by atoms with E-state index < -0.39 is 11.9 Å². The number of halogens is 1. The van der Waals surface area contributed by atoms with Crippen molar-refractivity contribution >= 4 is 23.6 Å². The third-order valence-corrected chi connectivity index (χ3v) is 6.84. The number of nitrogens with one attached hydrogen (secondary N) is 1. The van der Waals surface area contributed by atoms with Crippen molar-refractivity contribution in [3.63, 3.8) is 0 Å². The second kappa shape index (κ2) is 9.62. The molecule has 0 bridgehead atoms. The van der Waals surface area contributed by atoms with E-state index in [-0.39, 0.29) is 17.7 Å². The van der Waals surface area contributed by atoms with Crippen molar-refractivity contribution in [1.82, 2.24) is 10.2 Å². The first-order valence-electron chi connectivity index (χ1n) is 11.9. The smallest absolute Gasteiger partial charge is 0.250 e. The molecule has 3 aromatic rings. The summed E-state index contributed by atoms with van der Waals surface area (Å²) < 4.78 is 19.8. The number of phenolic OH excluding ortho intramolecular Hbond substituents is 1. The molecule has 3 aromatic carbocycles. The van der Waals surface area contributed by atoms with E-state index in [1.165, 1.54) is 19.2 Å². The van der Waals surface area contributed by atoms with E-state index >= 15 is 0 Å². The summed E-state index contributed by atoms with van der Waals surface area (Å²) in [5.41, 5.74) is 4.55. The Balaban J connectivity index is 1.63. The fourth-order valence-electron chi connectivity index (χ4n) is 4.78. The number of benzene rings is 3. The van der Waals surface area contributed by atoms with Gasteiger partial charge in [0, 0.05) is 43.0 Å². The van der Waals surface area contributed by atoms with Gasteiger partial charge in [0.2, 0.25) is 5.91 Å². The quantitative estimate of drug-likeness (QED) is 0.532. The van der Waals surface area contributed by atoms with Crippen molar-refractivity contribution in [3.05, 3.63) is 71.5 Å². The highest BCUT2D eigenvalue weighted by Gasteiger charge is 2.36. The Kier molecular flexibility index (Phi) is 6.36. The van der Waals surface area contributed by atoms with Crippen molar-refractivity contribution in [2.45, 2.75) is 25.4 Å². The summed E-state index contributed by atoms with van der Waals surface area (Å²) >= 11 is 0. The maximum Gasteiger partial charge on any atom is 0.250 e. The number of fused-ring (bicyclic) bond motifs is 1. The second-order valence-corrected chi connectivity index (χ2v) is 9.34. The minimum absolute atomic E-state index is 0.120. The number of nitrogens with zero attached hydrogens (tertiary/aromatic N) is 3. The molecule has 0 aromatic heterocycles. The van der Waals surface area contributed by atoms with Gasteiger partial charge in [-0.3, -0.25) is 4.79 Å². The molecule has 5 rings (SSSR count). The minimum Gasteiger partial charge on any atom is -0.508 e. The lowest BCUT2D eigenvalue weighted by Gasteiger charge is -2.38. The molecule has 186 valence electrons. The summed E-state index contributed by atoms with van der Waals surface area (Å²) in [5, 5.41) is 13.4. The van der Waals surface area contributed by atoms with Gasteiger partial charge in [-0.2, -0.15) is 0 Å². The Labute approximate surface area is 209 Å². The van der Waals surface area contributed by atoms with E-state index in [0.29, 0.717) is 29.2 Å². The van der Waals surface area contributed by atoms with Crippen LogP contribution in [0.25, 0.3) is 11.1 Å². The molecule has 0 spiro atoms. The van der Waals surface area contributed by atoms with Crippen LogP contribution in [0.4, 0.5) is 15.8 Å². The largest absolute Gasteiger partial charge is 0.508 e. The molecule has 1 amide bonds. The molecule has 2 heterocycles. The van der Waals surface area contributed by atoms with Gasteiger partial charge in [0.1, 0.15) is 23.4 Å². The number of carbonyl (C=O) groups excluding carboxylic acids is 1. The number of hydrogen-bond donors (Lipinski definition) is 2. The van der Waals surface area contributed by atoms with E-state index in [9.17, 15) is 14.3 Å². The number of methoxy groups -OCH3 is 1. The molecule has 7 nitrogen and oxygen atoms in total. The van der Waals surface area contributed by atoms with Crippen LogP contribution in [0.15, 0.2) is 59.6 Å². The Morgan fingerprint density at radius 1 is 1.25 bits per heavy atom. The van der Waals surface area contributed by atoms with Crippen LogP contribution in [0.5, 0.6) is 11.5 Å². The van der Waals surface area contributed by atoms with Gasteiger partial charge in [-0.1, -0.05) is 12.1 Å². The third-order valence-electron chi connectivity index (χ3n) is 6.84. The summed E-state index contributed by atoms with van der Waals surface area (Å²) in [6, 6.07) is 14.8. The first-order valence-corrected chi connectivity index (χ1v) is 11.9. The van der Waals surface area contributed by atoms with Crippen LogP contribution in [0.2, 0.25) is 0 Å². The predicted molar refractivity (Wildman–Crippen MR) is 139 cm³/mol. The average Bonchev–Trinajstić information content (AvgIpc) is 2.84. The third kappa shape index (κ3) is 4.52. The molecule has 1 fully saturated rings. The first-order chi connectivity index (χ1) is 17.3. The normalized spacial score (nSPS) is 18.4. The van der Waals surface area contributed by atoms with Gasteiger partial charge in [-0.05, 0) is 66.9 Å². The molecule has 0 saturated carbocycles. The number of aromatic hydroxyl groups is 1.